The van der Waals surface area contributed by atoms with E-state index < -0.39 is 10.0 Å². The number of sulfonamides is 1. The van der Waals surface area contributed by atoms with E-state index in [4.69, 9.17) is 0 Å². The van der Waals surface area contributed by atoms with Gasteiger partial charge in [-0.3, -0.25) is 0 Å². The topological polar surface area (TPSA) is 37.4 Å². The van der Waals surface area contributed by atoms with Crippen LogP contribution in [-0.4, -0.2) is 25.5 Å². The van der Waals surface area contributed by atoms with E-state index in [0.29, 0.717) is 6.54 Å². The Morgan fingerprint density at radius 2 is 1.22 bits per heavy atom. The highest BCUT2D eigenvalue weighted by atomic mass is 32.2. The number of hydrogen-bond donors (Lipinski definition) is 0. The summed E-state index contributed by atoms with van der Waals surface area (Å²) >= 11 is 0. The van der Waals surface area contributed by atoms with E-state index in [-0.39, 0.29) is 11.5 Å². The molecule has 0 N–H and O–H groups in total. The molecule has 1 aliphatic rings. The molecule has 1 fully saturated rings. The van der Waals surface area contributed by atoms with Crippen LogP contribution in [0.5, 0.6) is 0 Å². The molecule has 4 rings (SSSR count). The molecular formula is C23H23NO2S. The van der Waals surface area contributed by atoms with E-state index in [0.717, 1.165) is 23.1 Å². The number of benzene rings is 3. The van der Waals surface area contributed by atoms with Gasteiger partial charge in [0.15, 0.2) is 0 Å². The summed E-state index contributed by atoms with van der Waals surface area (Å²) in [6.45, 7) is 0.444. The Balaban J connectivity index is 1.90. The Morgan fingerprint density at radius 1 is 0.778 bits per heavy atom. The maximum absolute atomic E-state index is 12.7. The van der Waals surface area contributed by atoms with Crippen LogP contribution in [0.3, 0.4) is 0 Å². The Hall–Kier alpha value is -2.43. The van der Waals surface area contributed by atoms with Crippen molar-refractivity contribution in [1.82, 2.24) is 4.31 Å². The van der Waals surface area contributed by atoms with Gasteiger partial charge in [0.2, 0.25) is 10.0 Å². The molecule has 138 valence electrons. The van der Waals surface area contributed by atoms with Gasteiger partial charge in [0.1, 0.15) is 0 Å². The van der Waals surface area contributed by atoms with Crippen LogP contribution in [-0.2, 0) is 15.4 Å². The highest BCUT2D eigenvalue weighted by molar-refractivity contribution is 7.88. The lowest BCUT2D eigenvalue weighted by molar-refractivity contribution is 0.397. The van der Waals surface area contributed by atoms with E-state index in [9.17, 15) is 8.42 Å². The lowest BCUT2D eigenvalue weighted by Gasteiger charge is -2.30. The van der Waals surface area contributed by atoms with Crippen molar-refractivity contribution in [2.75, 3.05) is 12.8 Å². The highest BCUT2D eigenvalue weighted by Gasteiger charge is 2.49. The minimum Gasteiger partial charge on any atom is -0.212 e. The maximum atomic E-state index is 12.7. The fraction of sp³-hybridized carbons (Fsp3) is 0.217. The summed E-state index contributed by atoms with van der Waals surface area (Å²) in [6.07, 6.45) is 2.03. The van der Waals surface area contributed by atoms with Gasteiger partial charge in [0.25, 0.3) is 0 Å². The van der Waals surface area contributed by atoms with Crippen molar-refractivity contribution < 1.29 is 8.42 Å². The van der Waals surface area contributed by atoms with Crippen molar-refractivity contribution in [1.29, 1.82) is 0 Å². The van der Waals surface area contributed by atoms with Gasteiger partial charge >= 0.3 is 0 Å². The van der Waals surface area contributed by atoms with Gasteiger partial charge in [-0.05, 0) is 23.1 Å². The molecule has 0 bridgehead atoms. The summed E-state index contributed by atoms with van der Waals surface area (Å²) in [7, 11) is -3.35. The molecule has 1 atom stereocenters. The predicted octanol–water partition coefficient (Wildman–Crippen LogP) is 4.38. The van der Waals surface area contributed by atoms with Crippen molar-refractivity contribution in [3.63, 3.8) is 0 Å². The average Bonchev–Trinajstić information content (AvgIpc) is 3.13. The number of nitrogens with zero attached hydrogens (tertiary/aromatic N) is 1. The van der Waals surface area contributed by atoms with Gasteiger partial charge in [-0.25, -0.2) is 8.42 Å². The first-order valence-corrected chi connectivity index (χ1v) is 11.0. The smallest absolute Gasteiger partial charge is 0.211 e. The van der Waals surface area contributed by atoms with Gasteiger partial charge in [0.05, 0.1) is 12.3 Å². The molecule has 3 aromatic carbocycles. The number of hydrogen-bond acceptors (Lipinski definition) is 2. The molecular weight excluding hydrogens is 354 g/mol. The maximum Gasteiger partial charge on any atom is 0.211 e. The van der Waals surface area contributed by atoms with Crippen LogP contribution in [0.25, 0.3) is 0 Å². The summed E-state index contributed by atoms with van der Waals surface area (Å²) in [5.41, 5.74) is 2.98. The minimum atomic E-state index is -3.35. The van der Waals surface area contributed by atoms with Crippen molar-refractivity contribution in [3.05, 3.63) is 108 Å². The molecule has 1 heterocycles. The minimum absolute atomic E-state index is 0.179. The summed E-state index contributed by atoms with van der Waals surface area (Å²) < 4.78 is 27.1. The molecule has 0 amide bonds. The summed E-state index contributed by atoms with van der Waals surface area (Å²) in [6, 6.07) is 30.3. The molecule has 0 spiro atoms. The van der Waals surface area contributed by atoms with E-state index in [1.807, 2.05) is 66.7 Å². The Morgan fingerprint density at radius 3 is 1.67 bits per heavy atom. The summed E-state index contributed by atoms with van der Waals surface area (Å²) in [5.74, 6) is 0. The predicted molar refractivity (Wildman–Crippen MR) is 109 cm³/mol. The second-order valence-electron chi connectivity index (χ2n) is 7.25. The van der Waals surface area contributed by atoms with Crippen molar-refractivity contribution in [2.45, 2.75) is 17.9 Å². The van der Waals surface area contributed by atoms with Crippen LogP contribution in [0.15, 0.2) is 91.0 Å². The Bertz CT molecular complexity index is 963. The summed E-state index contributed by atoms with van der Waals surface area (Å²) in [4.78, 5) is 0. The third-order valence-corrected chi connectivity index (χ3v) is 6.81. The highest BCUT2D eigenvalue weighted by Crippen LogP contribution is 2.49. The van der Waals surface area contributed by atoms with E-state index in [2.05, 4.69) is 24.3 Å². The zero-order chi connectivity index (χ0) is 18.9. The first kappa shape index (κ1) is 18.0. The normalized spacial score (nSPS) is 19.8. The van der Waals surface area contributed by atoms with Gasteiger partial charge in [-0.15, -0.1) is 0 Å². The van der Waals surface area contributed by atoms with Gasteiger partial charge in [-0.1, -0.05) is 91.0 Å². The monoisotopic (exact) mass is 377 g/mol. The van der Waals surface area contributed by atoms with Crippen LogP contribution >= 0.6 is 0 Å². The fourth-order valence-corrected chi connectivity index (χ4v) is 5.39. The van der Waals surface area contributed by atoms with Crippen LogP contribution in [0, 0.1) is 0 Å². The third-order valence-electron chi connectivity index (χ3n) is 5.58. The summed E-state index contributed by atoms with van der Waals surface area (Å²) in [5, 5.41) is 0. The molecule has 0 aliphatic carbocycles. The average molecular weight is 378 g/mol. The van der Waals surface area contributed by atoms with Crippen LogP contribution in [0.2, 0.25) is 0 Å². The molecule has 0 aromatic heterocycles. The molecule has 1 saturated heterocycles. The van der Waals surface area contributed by atoms with Crippen molar-refractivity contribution in [3.8, 4) is 0 Å². The van der Waals surface area contributed by atoms with Crippen molar-refractivity contribution in [2.24, 2.45) is 0 Å². The first-order valence-electron chi connectivity index (χ1n) is 9.13. The number of rotatable bonds is 4. The van der Waals surface area contributed by atoms with Gasteiger partial charge in [-0.2, -0.15) is 4.31 Å². The standard InChI is InChI=1S/C23H23NO2S/c1-27(25,26)24-18-23(20-13-7-3-8-14-20,21-15-9-4-10-16-21)17-22(24)19-11-5-2-6-12-19/h2-16,22H,17-18H2,1H3. The van der Waals surface area contributed by atoms with Crippen molar-refractivity contribution >= 4 is 10.0 Å². The lowest BCUT2D eigenvalue weighted by Crippen LogP contribution is -2.35. The molecule has 3 aromatic rings. The van der Waals surface area contributed by atoms with E-state index in [1.54, 1.807) is 4.31 Å². The quantitative estimate of drug-likeness (QED) is 0.677. The zero-order valence-corrected chi connectivity index (χ0v) is 16.1. The molecule has 1 aliphatic heterocycles. The fourth-order valence-electron chi connectivity index (χ4n) is 4.28. The van der Waals surface area contributed by atoms with Gasteiger partial charge < -0.3 is 0 Å². The van der Waals surface area contributed by atoms with E-state index in [1.165, 1.54) is 6.26 Å². The largest absolute Gasteiger partial charge is 0.212 e. The first-order chi connectivity index (χ1) is 13.0. The zero-order valence-electron chi connectivity index (χ0n) is 15.3. The molecule has 0 saturated carbocycles. The van der Waals surface area contributed by atoms with Crippen LogP contribution < -0.4 is 0 Å². The van der Waals surface area contributed by atoms with Crippen LogP contribution in [0.1, 0.15) is 29.2 Å². The lowest BCUT2D eigenvalue weighted by atomic mass is 9.72. The van der Waals surface area contributed by atoms with Gasteiger partial charge in [0, 0.05) is 12.0 Å². The molecule has 0 radical (unpaired) electrons. The Kier molecular flexibility index (Phi) is 4.62. The second kappa shape index (κ2) is 6.95. The molecule has 3 nitrogen and oxygen atoms in total. The Labute approximate surface area is 161 Å². The van der Waals surface area contributed by atoms with Crippen LogP contribution in [0.4, 0.5) is 0 Å². The molecule has 1 unspecified atom stereocenters. The molecule has 27 heavy (non-hydrogen) atoms. The third kappa shape index (κ3) is 3.31. The SMILES string of the molecule is CS(=O)(=O)N1CC(c2ccccc2)(c2ccccc2)CC1c1ccccc1. The van der Waals surface area contributed by atoms with E-state index >= 15 is 0 Å². The molecule has 4 heteroatoms. The second-order valence-corrected chi connectivity index (χ2v) is 9.19.